The molecule has 19 nitrogen and oxygen atoms in total. The number of amides is 1. The molecule has 19 heteroatoms. The minimum Gasteiger partial charge on any atom is -0.463 e. The van der Waals surface area contributed by atoms with Crippen LogP contribution in [-0.2, 0) is 28.5 Å². The molecule has 1 amide bonds. The van der Waals surface area contributed by atoms with Crippen LogP contribution >= 0.6 is 0 Å². The third-order valence-corrected chi connectivity index (χ3v) is 7.74. The summed E-state index contributed by atoms with van der Waals surface area (Å²) < 4.78 is 34.3. The highest BCUT2D eigenvalue weighted by atomic mass is 16.8. The molecule has 1 aromatic rings. The molecule has 45 heavy (non-hydrogen) atoms. The Bertz CT molecular complexity index is 1140. The zero-order chi connectivity index (χ0) is 33.2. The van der Waals surface area contributed by atoms with E-state index in [-0.39, 0.29) is 11.4 Å². The SMILES string of the molecule is CC(=O)NC1C(O[C@@H]2OC(CO)[C@H](O)C(O)C2OC2O[C@@H](C)C(O)C(O)[C@H]2O)[C@@H](O)C(CO)O[C@H]1Oc1ccc([N+](=O)[O-])cc1. The number of hydrogen-bond donors (Lipinski definition) is 9. The van der Waals surface area contributed by atoms with Gasteiger partial charge in [0, 0.05) is 19.1 Å². The van der Waals surface area contributed by atoms with Gasteiger partial charge < -0.3 is 74.6 Å². The van der Waals surface area contributed by atoms with Gasteiger partial charge in [0.2, 0.25) is 12.2 Å². The van der Waals surface area contributed by atoms with Gasteiger partial charge in [0.1, 0.15) is 72.8 Å². The van der Waals surface area contributed by atoms with Gasteiger partial charge in [0.15, 0.2) is 12.6 Å². The van der Waals surface area contributed by atoms with Crippen molar-refractivity contribution in [2.24, 2.45) is 0 Å². The molecule has 0 spiro atoms. The maximum Gasteiger partial charge on any atom is 0.269 e. The quantitative estimate of drug-likeness (QED) is 0.0853. The molecule has 0 bridgehead atoms. The van der Waals surface area contributed by atoms with E-state index >= 15 is 0 Å². The largest absolute Gasteiger partial charge is 0.463 e. The van der Waals surface area contributed by atoms with Crippen molar-refractivity contribution in [2.45, 2.75) is 106 Å². The smallest absolute Gasteiger partial charge is 0.269 e. The van der Waals surface area contributed by atoms with Gasteiger partial charge in [-0.3, -0.25) is 14.9 Å². The van der Waals surface area contributed by atoms with Gasteiger partial charge in [-0.2, -0.15) is 0 Å². The Hall–Kier alpha value is -2.63. The number of non-ortho nitro benzene ring substituents is 1. The van der Waals surface area contributed by atoms with E-state index in [4.69, 9.17) is 28.4 Å². The van der Waals surface area contributed by atoms with Crippen molar-refractivity contribution in [2.75, 3.05) is 13.2 Å². The number of aliphatic hydroxyl groups excluding tert-OH is 8. The van der Waals surface area contributed by atoms with Gasteiger partial charge in [0.25, 0.3) is 5.69 Å². The molecule has 3 fully saturated rings. The van der Waals surface area contributed by atoms with Gasteiger partial charge in [-0.1, -0.05) is 0 Å². The normalized spacial score (nSPS) is 42.1. The fourth-order valence-corrected chi connectivity index (χ4v) is 5.25. The minimum atomic E-state index is -1.88. The van der Waals surface area contributed by atoms with E-state index in [0.717, 1.165) is 19.1 Å². The van der Waals surface area contributed by atoms with Crippen molar-refractivity contribution in [3.63, 3.8) is 0 Å². The van der Waals surface area contributed by atoms with E-state index in [1.165, 1.54) is 19.1 Å². The molecule has 1 aromatic carbocycles. The van der Waals surface area contributed by atoms with Crippen LogP contribution in [0.4, 0.5) is 5.69 Å². The van der Waals surface area contributed by atoms with E-state index < -0.39 is 116 Å². The number of ether oxygens (including phenoxy) is 6. The van der Waals surface area contributed by atoms with Gasteiger partial charge in [-0.15, -0.1) is 0 Å². The van der Waals surface area contributed by atoms with E-state index in [1.54, 1.807) is 0 Å². The number of rotatable bonds is 10. The average molecular weight is 651 g/mol. The number of nitrogens with zero attached hydrogens (tertiary/aromatic N) is 1. The summed E-state index contributed by atoms with van der Waals surface area (Å²) in [4.78, 5) is 22.6. The predicted molar refractivity (Wildman–Crippen MR) is 143 cm³/mol. The maximum atomic E-state index is 12.2. The van der Waals surface area contributed by atoms with Gasteiger partial charge >= 0.3 is 0 Å². The fraction of sp³-hybridized carbons (Fsp3) is 0.731. The van der Waals surface area contributed by atoms with Crippen LogP contribution < -0.4 is 10.1 Å². The van der Waals surface area contributed by atoms with Crippen molar-refractivity contribution in [1.29, 1.82) is 0 Å². The lowest BCUT2D eigenvalue weighted by molar-refractivity contribution is -0.384. The second-order valence-corrected chi connectivity index (χ2v) is 10.9. The number of hydrogen-bond acceptors (Lipinski definition) is 17. The molecule has 4 rings (SSSR count). The highest BCUT2D eigenvalue weighted by Crippen LogP contribution is 2.33. The fourth-order valence-electron chi connectivity index (χ4n) is 5.25. The molecule has 0 aromatic heterocycles. The summed E-state index contributed by atoms with van der Waals surface area (Å²) in [6, 6.07) is 3.41. The molecule has 0 radical (unpaired) electrons. The van der Waals surface area contributed by atoms with Crippen LogP contribution in [0.1, 0.15) is 13.8 Å². The molecule has 0 aliphatic carbocycles. The molecule has 9 unspecified atom stereocenters. The highest BCUT2D eigenvalue weighted by molar-refractivity contribution is 5.73. The lowest BCUT2D eigenvalue weighted by Crippen LogP contribution is -2.69. The van der Waals surface area contributed by atoms with E-state index in [0.29, 0.717) is 0 Å². The first kappa shape index (κ1) is 35.2. The van der Waals surface area contributed by atoms with Gasteiger partial charge in [-0.25, -0.2) is 0 Å². The number of nitrogens with one attached hydrogen (secondary N) is 1. The van der Waals surface area contributed by atoms with E-state index in [1.807, 2.05) is 0 Å². The molecule has 3 heterocycles. The number of aliphatic hydroxyl groups is 8. The maximum absolute atomic E-state index is 12.2. The molecule has 3 saturated heterocycles. The second-order valence-electron chi connectivity index (χ2n) is 10.9. The number of nitro groups is 1. The number of carbonyl (C=O) groups excluding carboxylic acids is 1. The van der Waals surface area contributed by atoms with Crippen LogP contribution in [0.15, 0.2) is 24.3 Å². The van der Waals surface area contributed by atoms with Crippen molar-refractivity contribution in [3.05, 3.63) is 34.4 Å². The molecule has 3 aliphatic heterocycles. The summed E-state index contributed by atoms with van der Waals surface area (Å²) >= 11 is 0. The lowest BCUT2D eigenvalue weighted by Gasteiger charge is -2.49. The van der Waals surface area contributed by atoms with Crippen LogP contribution in [0.5, 0.6) is 5.75 Å². The zero-order valence-corrected chi connectivity index (χ0v) is 24.1. The first-order valence-corrected chi connectivity index (χ1v) is 14.0. The number of carbonyl (C=O) groups is 1. The van der Waals surface area contributed by atoms with Crippen molar-refractivity contribution in [3.8, 4) is 5.75 Å². The molecule has 0 saturated carbocycles. The third kappa shape index (κ3) is 7.68. The van der Waals surface area contributed by atoms with Crippen LogP contribution in [0, 0.1) is 10.1 Å². The second kappa shape index (κ2) is 14.9. The van der Waals surface area contributed by atoms with Gasteiger partial charge in [-0.05, 0) is 19.1 Å². The summed E-state index contributed by atoms with van der Waals surface area (Å²) in [6.07, 6.45) is -22.6. The Balaban J connectivity index is 1.64. The molecule has 3 aliphatic rings. The van der Waals surface area contributed by atoms with Crippen molar-refractivity contribution in [1.82, 2.24) is 5.32 Å². The van der Waals surface area contributed by atoms with E-state index in [9.17, 15) is 55.8 Å². The van der Waals surface area contributed by atoms with Crippen molar-refractivity contribution < 1.29 is 79.0 Å². The summed E-state index contributed by atoms with van der Waals surface area (Å²) in [5, 5.41) is 96.6. The first-order valence-electron chi connectivity index (χ1n) is 14.0. The van der Waals surface area contributed by atoms with Crippen LogP contribution in [0.3, 0.4) is 0 Å². The standard InChI is InChI=1S/C26H38N2O17/c1-9-16(32)19(35)21(37)25(40-9)45-23-20(36)17(33)13(7-29)43-26(23)44-22-15(27-10(2)31)24(42-14(8-30)18(22)34)41-12-5-3-11(4-6-12)28(38)39/h3-6,9,13-26,29-30,32-37H,7-8H2,1-2H3,(H,27,31)/t9-,13?,14?,15?,16?,17-,18-,19?,20?,21+,22?,23?,24+,25?,26-/m0/s1. The molecule has 254 valence electrons. The molecule has 9 N–H and O–H groups in total. The first-order chi connectivity index (χ1) is 21.3. The molecule has 15 atom stereocenters. The van der Waals surface area contributed by atoms with Crippen LogP contribution in [0.25, 0.3) is 0 Å². The molecular formula is C26H38N2O17. The Morgan fingerprint density at radius 2 is 1.38 bits per heavy atom. The van der Waals surface area contributed by atoms with Gasteiger partial charge in [0.05, 0.1) is 24.2 Å². The molecular weight excluding hydrogens is 612 g/mol. The summed E-state index contributed by atoms with van der Waals surface area (Å²) in [5.41, 5.74) is -0.238. The average Bonchev–Trinajstić information content (AvgIpc) is 3.00. The Kier molecular flexibility index (Phi) is 11.6. The topological polar surface area (TPSA) is 289 Å². The predicted octanol–water partition coefficient (Wildman–Crippen LogP) is -4.41. The van der Waals surface area contributed by atoms with Crippen LogP contribution in [0.2, 0.25) is 0 Å². The number of nitro benzene ring substituents is 1. The number of benzene rings is 1. The van der Waals surface area contributed by atoms with Crippen LogP contribution in [-0.4, -0.2) is 157 Å². The lowest BCUT2D eigenvalue weighted by atomic mass is 9.95. The third-order valence-electron chi connectivity index (χ3n) is 7.74. The Morgan fingerprint density at radius 1 is 0.800 bits per heavy atom. The summed E-state index contributed by atoms with van der Waals surface area (Å²) in [7, 11) is 0. The summed E-state index contributed by atoms with van der Waals surface area (Å²) in [6.45, 7) is 0.926. The highest BCUT2D eigenvalue weighted by Gasteiger charge is 2.54. The summed E-state index contributed by atoms with van der Waals surface area (Å²) in [5.74, 6) is -0.606. The Labute approximate surface area is 255 Å². The minimum absolute atomic E-state index is 0.0418. The van der Waals surface area contributed by atoms with E-state index in [2.05, 4.69) is 5.32 Å². The Morgan fingerprint density at radius 3 is 1.96 bits per heavy atom. The monoisotopic (exact) mass is 650 g/mol. The zero-order valence-electron chi connectivity index (χ0n) is 24.1. The van der Waals surface area contributed by atoms with Crippen molar-refractivity contribution >= 4 is 11.6 Å².